The van der Waals surface area contributed by atoms with Gasteiger partial charge in [0, 0.05) is 44.0 Å². The molecule has 8 heteroatoms. The molecule has 2 N–H and O–H groups in total. The van der Waals surface area contributed by atoms with Gasteiger partial charge >= 0.3 is 5.97 Å². The molecule has 1 amide bonds. The lowest BCUT2D eigenvalue weighted by molar-refractivity contribution is -0.131. The third-order valence-electron chi connectivity index (χ3n) is 5.14. The van der Waals surface area contributed by atoms with Crippen molar-refractivity contribution in [1.82, 2.24) is 14.9 Å². The number of nitrogens with one attached hydrogen (secondary N) is 1. The number of pyridine rings is 1. The second kappa shape index (κ2) is 7.04. The van der Waals surface area contributed by atoms with E-state index in [4.69, 9.17) is 5.26 Å². The van der Waals surface area contributed by atoms with E-state index >= 15 is 0 Å². The fraction of sp³-hybridized carbons (Fsp3) is 0.444. The van der Waals surface area contributed by atoms with Gasteiger partial charge < -0.3 is 19.9 Å². The number of fused-ring (bicyclic) bond motifs is 1. The van der Waals surface area contributed by atoms with Crippen LogP contribution in [0.3, 0.4) is 0 Å². The summed E-state index contributed by atoms with van der Waals surface area (Å²) in [4.78, 5) is 34.7. The number of H-pyrrole nitrogens is 1. The van der Waals surface area contributed by atoms with Gasteiger partial charge in [0.05, 0.1) is 11.8 Å². The number of carboxylic acid groups (broad SMARTS) is 1. The van der Waals surface area contributed by atoms with Crippen LogP contribution in [0.25, 0.3) is 11.0 Å². The van der Waals surface area contributed by atoms with Gasteiger partial charge in [-0.3, -0.25) is 4.79 Å². The molecule has 3 rings (SSSR count). The number of carboxylic acids is 1. The molecule has 0 radical (unpaired) electrons. The summed E-state index contributed by atoms with van der Waals surface area (Å²) in [7, 11) is 1.85. The normalized spacial score (nSPS) is 20.0. The number of carbonyl (C=O) groups excluding carboxylic acids is 1. The van der Waals surface area contributed by atoms with E-state index in [9.17, 15) is 14.7 Å². The van der Waals surface area contributed by atoms with Crippen molar-refractivity contribution in [1.29, 1.82) is 5.26 Å². The van der Waals surface area contributed by atoms with Crippen molar-refractivity contribution in [3.63, 3.8) is 0 Å². The molecular formula is C18H21N5O3. The first-order valence-electron chi connectivity index (χ1n) is 8.51. The van der Waals surface area contributed by atoms with Crippen LogP contribution in [0.15, 0.2) is 18.5 Å². The van der Waals surface area contributed by atoms with Crippen molar-refractivity contribution in [2.24, 2.45) is 5.92 Å². The summed E-state index contributed by atoms with van der Waals surface area (Å²) in [5.74, 6) is -0.948. The molecular weight excluding hydrogens is 334 g/mol. The quantitative estimate of drug-likeness (QED) is 0.865. The van der Waals surface area contributed by atoms with Gasteiger partial charge in [-0.05, 0) is 18.4 Å². The molecule has 2 atom stereocenters. The van der Waals surface area contributed by atoms with Crippen LogP contribution in [0, 0.1) is 17.2 Å². The minimum Gasteiger partial charge on any atom is -0.478 e. The summed E-state index contributed by atoms with van der Waals surface area (Å²) in [6.45, 7) is 3.18. The van der Waals surface area contributed by atoms with Gasteiger partial charge in [-0.1, -0.05) is 6.92 Å². The van der Waals surface area contributed by atoms with Crippen molar-refractivity contribution in [3.05, 3.63) is 24.0 Å². The number of rotatable bonds is 4. The van der Waals surface area contributed by atoms with Crippen molar-refractivity contribution in [2.45, 2.75) is 25.8 Å². The number of aromatic carboxylic acids is 1. The molecule has 8 nitrogen and oxygen atoms in total. The first-order chi connectivity index (χ1) is 12.4. The predicted molar refractivity (Wildman–Crippen MR) is 95.8 cm³/mol. The standard InChI is InChI=1S/C18H21N5O3/c1-11-5-8-23(15(24)3-6-19)10-14(11)22(2)16-12-4-7-20-17(12)21-9-13(16)18(25)26/h4,7,9,11,14H,3,5,8,10H2,1-2H3,(H,20,21)(H,25,26)/t11-,14+/m1/s1. The minimum atomic E-state index is -1.04. The Bertz CT molecular complexity index is 885. The first kappa shape index (κ1) is 17.7. The zero-order valence-corrected chi connectivity index (χ0v) is 14.8. The Hall–Kier alpha value is -3.08. The van der Waals surface area contributed by atoms with E-state index in [1.54, 1.807) is 11.1 Å². The predicted octanol–water partition coefficient (Wildman–Crippen LogP) is 1.85. The maximum absolute atomic E-state index is 12.1. The molecule has 136 valence electrons. The van der Waals surface area contributed by atoms with Crippen LogP contribution in [0.5, 0.6) is 0 Å². The fourth-order valence-corrected chi connectivity index (χ4v) is 3.66. The van der Waals surface area contributed by atoms with Gasteiger partial charge in [-0.2, -0.15) is 5.26 Å². The van der Waals surface area contributed by atoms with Crippen LogP contribution < -0.4 is 4.90 Å². The van der Waals surface area contributed by atoms with E-state index in [2.05, 4.69) is 16.9 Å². The van der Waals surface area contributed by atoms with Gasteiger partial charge in [0.25, 0.3) is 0 Å². The number of hydrogen-bond donors (Lipinski definition) is 2. The van der Waals surface area contributed by atoms with Gasteiger partial charge in [-0.15, -0.1) is 0 Å². The van der Waals surface area contributed by atoms with E-state index in [1.165, 1.54) is 6.20 Å². The summed E-state index contributed by atoms with van der Waals surface area (Å²) in [5.41, 5.74) is 1.35. The van der Waals surface area contributed by atoms with E-state index < -0.39 is 5.97 Å². The van der Waals surface area contributed by atoms with Crippen LogP contribution in [0.1, 0.15) is 30.1 Å². The summed E-state index contributed by atoms with van der Waals surface area (Å²) >= 11 is 0. The summed E-state index contributed by atoms with van der Waals surface area (Å²) < 4.78 is 0. The molecule has 0 aromatic carbocycles. The Balaban J connectivity index is 1.98. The number of aromatic amines is 1. The molecule has 2 aromatic heterocycles. The number of carbonyl (C=O) groups is 2. The number of likely N-dealkylation sites (tertiary alicyclic amines) is 1. The monoisotopic (exact) mass is 355 g/mol. The van der Waals surface area contributed by atoms with Crippen LogP contribution >= 0.6 is 0 Å². The van der Waals surface area contributed by atoms with Gasteiger partial charge in [0.15, 0.2) is 0 Å². The van der Waals surface area contributed by atoms with Gasteiger partial charge in [0.1, 0.15) is 17.6 Å². The number of nitrogens with zero attached hydrogens (tertiary/aromatic N) is 4. The van der Waals surface area contributed by atoms with E-state index in [0.717, 1.165) is 11.8 Å². The van der Waals surface area contributed by atoms with Crippen LogP contribution in [0.4, 0.5) is 5.69 Å². The van der Waals surface area contributed by atoms with E-state index in [1.807, 2.05) is 24.1 Å². The number of anilines is 1. The lowest BCUT2D eigenvalue weighted by atomic mass is 9.91. The lowest BCUT2D eigenvalue weighted by Gasteiger charge is -2.43. The first-order valence-corrected chi connectivity index (χ1v) is 8.51. The average Bonchev–Trinajstić information content (AvgIpc) is 3.09. The Morgan fingerprint density at radius 2 is 2.31 bits per heavy atom. The van der Waals surface area contributed by atoms with Crippen molar-refractivity contribution in [2.75, 3.05) is 25.0 Å². The number of likely N-dealkylation sites (N-methyl/N-ethyl adjacent to an activating group) is 1. The third-order valence-corrected chi connectivity index (χ3v) is 5.14. The Morgan fingerprint density at radius 1 is 1.54 bits per heavy atom. The molecule has 1 fully saturated rings. The Labute approximate surface area is 151 Å². The number of hydrogen-bond acceptors (Lipinski definition) is 5. The summed E-state index contributed by atoms with van der Waals surface area (Å²) in [6, 6.07) is 3.66. The van der Waals surface area contributed by atoms with E-state index in [0.29, 0.717) is 24.4 Å². The molecule has 2 aromatic rings. The highest BCUT2D eigenvalue weighted by Gasteiger charge is 2.33. The maximum atomic E-state index is 12.1. The van der Waals surface area contributed by atoms with Crippen molar-refractivity contribution in [3.8, 4) is 6.07 Å². The van der Waals surface area contributed by atoms with Crippen LogP contribution in [-0.4, -0.2) is 58.0 Å². The Kier molecular flexibility index (Phi) is 4.80. The summed E-state index contributed by atoms with van der Waals surface area (Å²) in [5, 5.41) is 19.1. The highest BCUT2D eigenvalue weighted by molar-refractivity contribution is 6.04. The van der Waals surface area contributed by atoms with Gasteiger partial charge in [0.2, 0.25) is 5.91 Å². The molecule has 1 aliphatic rings. The SMILES string of the molecule is C[C@@H]1CCN(C(=O)CC#N)C[C@@H]1N(C)c1c(C(=O)O)cnc2[nH]ccc12. The molecule has 0 bridgehead atoms. The van der Waals surface area contributed by atoms with Crippen molar-refractivity contribution < 1.29 is 14.7 Å². The fourth-order valence-electron chi connectivity index (χ4n) is 3.66. The molecule has 3 heterocycles. The second-order valence-electron chi connectivity index (χ2n) is 6.68. The number of nitriles is 1. The molecule has 0 unspecified atom stereocenters. The topological polar surface area (TPSA) is 113 Å². The van der Waals surface area contributed by atoms with Crippen molar-refractivity contribution >= 4 is 28.6 Å². The third kappa shape index (κ3) is 3.08. The molecule has 26 heavy (non-hydrogen) atoms. The van der Waals surface area contributed by atoms with E-state index in [-0.39, 0.29) is 29.9 Å². The Morgan fingerprint density at radius 3 is 3.00 bits per heavy atom. The molecule has 1 saturated heterocycles. The molecule has 0 aliphatic carbocycles. The molecule has 0 saturated carbocycles. The highest BCUT2D eigenvalue weighted by Crippen LogP contribution is 2.33. The van der Waals surface area contributed by atoms with Crippen LogP contribution in [-0.2, 0) is 4.79 Å². The highest BCUT2D eigenvalue weighted by atomic mass is 16.4. The molecule has 1 aliphatic heterocycles. The minimum absolute atomic E-state index is 0.0509. The number of amides is 1. The van der Waals surface area contributed by atoms with Gasteiger partial charge in [-0.25, -0.2) is 9.78 Å². The zero-order chi connectivity index (χ0) is 18.8. The van der Waals surface area contributed by atoms with Crippen LogP contribution in [0.2, 0.25) is 0 Å². The molecule has 0 spiro atoms. The number of piperidine rings is 1. The second-order valence-corrected chi connectivity index (χ2v) is 6.68. The average molecular weight is 355 g/mol. The zero-order valence-electron chi connectivity index (χ0n) is 14.8. The smallest absolute Gasteiger partial charge is 0.339 e. The number of aromatic nitrogens is 2. The summed E-state index contributed by atoms with van der Waals surface area (Å²) in [6.07, 6.45) is 3.76. The maximum Gasteiger partial charge on any atom is 0.339 e. The largest absolute Gasteiger partial charge is 0.478 e. The lowest BCUT2D eigenvalue weighted by Crippen LogP contribution is -2.52.